The molecule has 1 heterocycles. The van der Waals surface area contributed by atoms with Gasteiger partial charge in [-0.25, -0.2) is 9.07 Å². The van der Waals surface area contributed by atoms with Gasteiger partial charge in [-0.1, -0.05) is 19.9 Å². The van der Waals surface area contributed by atoms with Crippen LogP contribution in [-0.4, -0.2) is 63.3 Å². The average molecular weight is 662 g/mol. The third-order valence-corrected chi connectivity index (χ3v) is 7.43. The molecule has 0 aliphatic heterocycles. The Morgan fingerprint density at radius 1 is 1.09 bits per heavy atom. The minimum absolute atomic E-state index is 0.0556. The van der Waals surface area contributed by atoms with Crippen LogP contribution in [0.5, 0.6) is 5.75 Å². The molecule has 10 nitrogen and oxygen atoms in total. The fourth-order valence-corrected chi connectivity index (χ4v) is 5.24. The van der Waals surface area contributed by atoms with E-state index in [4.69, 9.17) is 21.3 Å². The maximum Gasteiger partial charge on any atom is 0.418 e. The van der Waals surface area contributed by atoms with Crippen LogP contribution in [0.25, 0.3) is 16.6 Å². The normalized spacial score (nSPS) is 13.7. The number of hydrogen-bond donors (Lipinski definition) is 5. The second-order valence-corrected chi connectivity index (χ2v) is 12.0. The number of aromatic nitrogens is 2. The molecule has 0 saturated carbocycles. The molecule has 2 atom stereocenters. The minimum Gasteiger partial charge on any atom is -0.496 e. The number of carbonyl (C=O) groups excluding carboxylic acids is 2. The Morgan fingerprint density at radius 3 is 2.32 bits per heavy atom. The molecule has 1 unspecified atom stereocenters. The van der Waals surface area contributed by atoms with E-state index in [1.807, 2.05) is 0 Å². The molecule has 4 aromatic rings. The minimum atomic E-state index is -5.01. The van der Waals surface area contributed by atoms with Gasteiger partial charge in [0.1, 0.15) is 11.6 Å². The predicted molar refractivity (Wildman–Crippen MR) is 170 cm³/mol. The maximum absolute atomic E-state index is 14.4. The van der Waals surface area contributed by atoms with Crippen molar-refractivity contribution in [2.45, 2.75) is 63.8 Å². The number of aryl methyl sites for hydroxylation is 1. The second kappa shape index (κ2) is 14.4. The quantitative estimate of drug-likeness (QED) is 0.143. The lowest BCUT2D eigenvalue weighted by Gasteiger charge is -2.38. The highest BCUT2D eigenvalue weighted by molar-refractivity contribution is 5.95. The smallest absolute Gasteiger partial charge is 0.418 e. The van der Waals surface area contributed by atoms with E-state index in [2.05, 4.69) is 10.4 Å². The Hall–Kier alpha value is -4.69. The summed E-state index contributed by atoms with van der Waals surface area (Å²) < 4.78 is 64.0. The van der Waals surface area contributed by atoms with E-state index >= 15 is 0 Å². The molecule has 0 fully saturated rings. The number of primary amides is 2. The van der Waals surface area contributed by atoms with E-state index in [0.29, 0.717) is 22.3 Å². The number of rotatable bonds is 11. The number of aliphatic hydroxyl groups excluding tert-OH is 1. The number of ether oxygens (including phenoxy) is 1. The van der Waals surface area contributed by atoms with Gasteiger partial charge < -0.3 is 31.7 Å². The summed E-state index contributed by atoms with van der Waals surface area (Å²) in [7, 11) is 1.34. The zero-order valence-electron chi connectivity index (χ0n) is 26.7. The first-order valence-electron chi connectivity index (χ1n) is 14.5. The van der Waals surface area contributed by atoms with Crippen molar-refractivity contribution in [2.24, 2.45) is 11.5 Å². The van der Waals surface area contributed by atoms with Gasteiger partial charge in [-0.2, -0.15) is 18.3 Å². The van der Waals surface area contributed by atoms with Crippen molar-refractivity contribution >= 4 is 28.4 Å². The zero-order valence-corrected chi connectivity index (χ0v) is 26.7. The molecule has 254 valence electrons. The van der Waals surface area contributed by atoms with Crippen molar-refractivity contribution in [2.75, 3.05) is 19.0 Å². The topological polar surface area (TPSA) is 166 Å². The van der Waals surface area contributed by atoms with Crippen molar-refractivity contribution < 1.29 is 42.1 Å². The van der Waals surface area contributed by atoms with Crippen LogP contribution in [0.3, 0.4) is 0 Å². The molecule has 0 bridgehead atoms. The monoisotopic (exact) mass is 661 g/mol. The Bertz CT molecular complexity index is 1740. The van der Waals surface area contributed by atoms with Crippen molar-refractivity contribution in [1.29, 1.82) is 0 Å². The summed E-state index contributed by atoms with van der Waals surface area (Å²) in [4.78, 5) is 21.5. The molecule has 7 N–H and O–H groups in total. The van der Waals surface area contributed by atoms with Crippen molar-refractivity contribution in [3.05, 3.63) is 83.3 Å². The number of halogens is 4. The molecule has 14 heteroatoms. The van der Waals surface area contributed by atoms with Gasteiger partial charge in [-0.3, -0.25) is 9.59 Å². The highest BCUT2D eigenvalue weighted by Gasteiger charge is 2.56. The molecule has 1 aromatic heterocycles. The third kappa shape index (κ3) is 8.98. The molecule has 0 saturated heterocycles. The van der Waals surface area contributed by atoms with E-state index in [1.54, 1.807) is 48.0 Å². The average Bonchev–Trinajstić information content (AvgIpc) is 3.38. The van der Waals surface area contributed by atoms with Crippen LogP contribution in [-0.2, 0) is 10.2 Å². The number of nitrogens with two attached hydrogens (primary N) is 2. The number of methoxy groups -OCH3 is 1. The Kier molecular flexibility index (Phi) is 11.3. The third-order valence-electron chi connectivity index (χ3n) is 7.43. The molecule has 0 spiro atoms. The van der Waals surface area contributed by atoms with Crippen LogP contribution in [0.1, 0.15) is 55.1 Å². The van der Waals surface area contributed by atoms with Crippen LogP contribution in [0.15, 0.2) is 60.8 Å². The maximum atomic E-state index is 14.4. The summed E-state index contributed by atoms with van der Waals surface area (Å²) in [5, 5.41) is 27.1. The number of fused-ring (bicyclic) bond motifs is 1. The first-order chi connectivity index (χ1) is 21.8. The summed E-state index contributed by atoms with van der Waals surface area (Å²) in [5.41, 5.74) is 8.24. The summed E-state index contributed by atoms with van der Waals surface area (Å²) in [5.74, 6) is -1.48. The number of carbonyl (C=O) groups is 2. The standard InChI is InChI=1S/C29H30F4N4O3.C4H9NO2/c1-17-10-23(21-14-36-37(24(21)11-17)20-7-5-6-18(12-20)26(34)38)35-16-28(39,29(31,32)33)15-27(2,3)22-13-19(30)8-9-25(22)40-4;1-3(6)2-4(5)7/h5-14,35,39H,15-16H2,1-4H3,(H2,34,38);3,6H,2H2,1H3,(H2,5,7)/t;3-/m.1/s1. The lowest BCUT2D eigenvalue weighted by atomic mass is 9.74. The first-order valence-corrected chi connectivity index (χ1v) is 14.5. The van der Waals surface area contributed by atoms with Gasteiger partial charge in [0.05, 0.1) is 43.6 Å². The van der Waals surface area contributed by atoms with Gasteiger partial charge in [0.25, 0.3) is 0 Å². The van der Waals surface area contributed by atoms with E-state index in [1.165, 1.54) is 40.1 Å². The fraction of sp³-hybridized carbons (Fsp3) is 0.364. The number of aliphatic hydroxyl groups is 2. The molecule has 0 aliphatic carbocycles. The predicted octanol–water partition coefficient (Wildman–Crippen LogP) is 4.90. The molecular formula is C33H39F4N5O5. The number of nitrogens with zero attached hydrogens (tertiary/aromatic N) is 2. The van der Waals surface area contributed by atoms with Gasteiger partial charge in [-0.15, -0.1) is 0 Å². The van der Waals surface area contributed by atoms with Crippen LogP contribution in [0.2, 0.25) is 0 Å². The summed E-state index contributed by atoms with van der Waals surface area (Å²) in [6.45, 7) is 5.41. The van der Waals surface area contributed by atoms with Gasteiger partial charge >= 0.3 is 6.18 Å². The number of anilines is 1. The molecule has 47 heavy (non-hydrogen) atoms. The van der Waals surface area contributed by atoms with E-state index < -0.39 is 53.9 Å². The molecular weight excluding hydrogens is 622 g/mol. The largest absolute Gasteiger partial charge is 0.496 e. The summed E-state index contributed by atoms with van der Waals surface area (Å²) >= 11 is 0. The van der Waals surface area contributed by atoms with Gasteiger partial charge in [0, 0.05) is 22.2 Å². The van der Waals surface area contributed by atoms with Crippen molar-refractivity contribution in [3.8, 4) is 11.4 Å². The first kappa shape index (κ1) is 36.8. The second-order valence-electron chi connectivity index (χ2n) is 12.0. The highest BCUT2D eigenvalue weighted by Crippen LogP contribution is 2.44. The summed E-state index contributed by atoms with van der Waals surface area (Å²) in [6, 6.07) is 13.6. The lowest BCUT2D eigenvalue weighted by Crippen LogP contribution is -2.53. The van der Waals surface area contributed by atoms with Gasteiger partial charge in [-0.05, 0) is 79.8 Å². The van der Waals surface area contributed by atoms with E-state index in [-0.39, 0.29) is 23.3 Å². The van der Waals surface area contributed by atoms with Crippen LogP contribution in [0, 0.1) is 12.7 Å². The van der Waals surface area contributed by atoms with Crippen molar-refractivity contribution in [1.82, 2.24) is 9.78 Å². The summed E-state index contributed by atoms with van der Waals surface area (Å²) in [6.07, 6.45) is -4.84. The fourth-order valence-electron chi connectivity index (χ4n) is 5.24. The van der Waals surface area contributed by atoms with Crippen LogP contribution >= 0.6 is 0 Å². The highest BCUT2D eigenvalue weighted by atomic mass is 19.4. The zero-order chi connectivity index (χ0) is 35.3. The molecule has 4 rings (SSSR count). The number of amides is 2. The van der Waals surface area contributed by atoms with Gasteiger partial charge in [0.2, 0.25) is 11.8 Å². The number of nitrogens with one attached hydrogen (secondary N) is 1. The molecule has 0 aliphatic rings. The van der Waals surface area contributed by atoms with E-state index in [0.717, 1.165) is 17.7 Å². The lowest BCUT2D eigenvalue weighted by molar-refractivity contribution is -0.260. The van der Waals surface area contributed by atoms with Crippen molar-refractivity contribution in [3.63, 3.8) is 0 Å². The van der Waals surface area contributed by atoms with Crippen LogP contribution in [0.4, 0.5) is 23.2 Å². The number of benzene rings is 3. The Morgan fingerprint density at radius 2 is 1.77 bits per heavy atom. The van der Waals surface area contributed by atoms with Gasteiger partial charge in [0.15, 0.2) is 5.60 Å². The Labute approximate surface area is 269 Å². The van der Waals surface area contributed by atoms with Crippen LogP contribution < -0.4 is 21.5 Å². The number of hydrogen-bond acceptors (Lipinski definition) is 7. The SMILES string of the molecule is COc1ccc(F)cc1C(C)(C)CC(O)(CNc1cc(C)cc2c1cnn2-c1cccc(C(N)=O)c1)C(F)(F)F.C[C@@H](O)CC(N)=O. The van der Waals surface area contributed by atoms with E-state index in [9.17, 15) is 32.3 Å². The molecule has 2 amide bonds. The Balaban J connectivity index is 0.000000771. The molecule has 0 radical (unpaired) electrons. The number of alkyl halides is 3. The molecule has 3 aromatic carbocycles.